The Kier molecular flexibility index (Phi) is 7.30. The smallest absolute Gasteiger partial charge is 0.247 e. The molecule has 4 nitrogen and oxygen atoms in total. The Bertz CT molecular complexity index is 381. The lowest BCUT2D eigenvalue weighted by atomic mass is 9.79. The van der Waals surface area contributed by atoms with E-state index in [1.54, 1.807) is 21.3 Å². The third kappa shape index (κ3) is 4.34. The topological polar surface area (TPSA) is 30.9 Å². The normalized spacial score (nSPS) is 10.5. The van der Waals surface area contributed by atoms with Crippen molar-refractivity contribution in [2.24, 2.45) is 0 Å². The van der Waals surface area contributed by atoms with Crippen LogP contribution in [0.1, 0.15) is 26.7 Å². The molecule has 0 bridgehead atoms. The summed E-state index contributed by atoms with van der Waals surface area (Å²) in [7, 11) is 7.04. The van der Waals surface area contributed by atoms with Crippen LogP contribution in [0.2, 0.25) is 0 Å². The summed E-state index contributed by atoms with van der Waals surface area (Å²) in [5.41, 5.74) is 1.06. The second-order valence-electron chi connectivity index (χ2n) is 4.62. The van der Waals surface area contributed by atoms with Crippen LogP contribution in [-0.2, 0) is 0 Å². The van der Waals surface area contributed by atoms with E-state index < -0.39 is 0 Å². The van der Waals surface area contributed by atoms with Crippen molar-refractivity contribution in [1.29, 1.82) is 0 Å². The van der Waals surface area contributed by atoms with Gasteiger partial charge in [0.15, 0.2) is 11.5 Å². The van der Waals surface area contributed by atoms with Gasteiger partial charge in [0.25, 0.3) is 0 Å². The summed E-state index contributed by atoms with van der Waals surface area (Å²) in [4.78, 5) is 2.32. The zero-order chi connectivity index (χ0) is 15.0. The van der Waals surface area contributed by atoms with Gasteiger partial charge in [0.2, 0.25) is 13.2 Å². The summed E-state index contributed by atoms with van der Waals surface area (Å²) < 4.78 is 16.1. The summed E-state index contributed by atoms with van der Waals surface area (Å²) in [6.07, 6.45) is 2.25. The monoisotopic (exact) mass is 278 g/mol. The second-order valence-corrected chi connectivity index (χ2v) is 4.62. The average molecular weight is 278 g/mol. The van der Waals surface area contributed by atoms with Crippen LogP contribution < -0.4 is 19.7 Å². The SMILES string of the molecule is CCCN([B]c1cc(OC)c(OC)c(OC)c1)CCC. The van der Waals surface area contributed by atoms with Crippen LogP contribution in [0.5, 0.6) is 17.2 Å². The maximum absolute atomic E-state index is 5.38. The Morgan fingerprint density at radius 3 is 1.75 bits per heavy atom. The molecule has 0 saturated heterocycles. The Hall–Kier alpha value is -1.36. The van der Waals surface area contributed by atoms with E-state index in [4.69, 9.17) is 14.2 Å². The maximum atomic E-state index is 5.38. The molecule has 111 valence electrons. The first-order chi connectivity index (χ1) is 9.69. The molecule has 5 heteroatoms. The molecule has 0 heterocycles. The van der Waals surface area contributed by atoms with E-state index in [9.17, 15) is 0 Å². The van der Waals surface area contributed by atoms with Crippen molar-refractivity contribution >= 4 is 12.9 Å². The second kappa shape index (κ2) is 8.74. The zero-order valence-corrected chi connectivity index (χ0v) is 13.2. The van der Waals surface area contributed by atoms with Crippen LogP contribution in [0.4, 0.5) is 0 Å². The minimum absolute atomic E-state index is 0.629. The van der Waals surface area contributed by atoms with Crippen molar-refractivity contribution in [3.63, 3.8) is 0 Å². The highest BCUT2D eigenvalue weighted by Gasteiger charge is 2.15. The summed E-state index contributed by atoms with van der Waals surface area (Å²) in [6, 6.07) is 3.94. The molecular formula is C15H25BNO3. The van der Waals surface area contributed by atoms with Gasteiger partial charge in [0, 0.05) is 0 Å². The van der Waals surface area contributed by atoms with Gasteiger partial charge >= 0.3 is 0 Å². The van der Waals surface area contributed by atoms with Crippen molar-refractivity contribution in [2.45, 2.75) is 26.7 Å². The molecule has 0 aliphatic rings. The van der Waals surface area contributed by atoms with Crippen LogP contribution in [0.15, 0.2) is 12.1 Å². The van der Waals surface area contributed by atoms with Crippen molar-refractivity contribution in [3.05, 3.63) is 12.1 Å². The van der Waals surface area contributed by atoms with Crippen LogP contribution >= 0.6 is 0 Å². The minimum atomic E-state index is 0.629. The predicted molar refractivity (Wildman–Crippen MR) is 83.6 cm³/mol. The molecule has 0 amide bonds. The molecule has 0 fully saturated rings. The fourth-order valence-electron chi connectivity index (χ4n) is 2.20. The van der Waals surface area contributed by atoms with Crippen molar-refractivity contribution < 1.29 is 14.2 Å². The summed E-state index contributed by atoms with van der Waals surface area (Å²) in [6.45, 7) is 6.46. The van der Waals surface area contributed by atoms with Crippen LogP contribution in [0.3, 0.4) is 0 Å². The first-order valence-corrected chi connectivity index (χ1v) is 7.09. The highest BCUT2D eigenvalue weighted by atomic mass is 16.5. The van der Waals surface area contributed by atoms with Gasteiger partial charge in [-0.15, -0.1) is 0 Å². The van der Waals surface area contributed by atoms with Crippen LogP contribution in [0, 0.1) is 0 Å². The number of benzene rings is 1. The van der Waals surface area contributed by atoms with Crippen LogP contribution in [0.25, 0.3) is 0 Å². The first-order valence-electron chi connectivity index (χ1n) is 7.09. The molecule has 0 unspecified atom stereocenters. The van der Waals surface area contributed by atoms with Crippen LogP contribution in [-0.4, -0.2) is 46.6 Å². The van der Waals surface area contributed by atoms with E-state index >= 15 is 0 Å². The molecule has 0 N–H and O–H groups in total. The quantitative estimate of drug-likeness (QED) is 0.647. The minimum Gasteiger partial charge on any atom is -0.493 e. The van der Waals surface area contributed by atoms with Gasteiger partial charge in [0.1, 0.15) is 0 Å². The van der Waals surface area contributed by atoms with E-state index in [0.717, 1.165) is 31.4 Å². The van der Waals surface area contributed by atoms with E-state index in [2.05, 4.69) is 26.1 Å². The third-order valence-electron chi connectivity index (χ3n) is 3.04. The predicted octanol–water partition coefficient (Wildman–Crippen LogP) is 2.08. The molecule has 1 aromatic carbocycles. The molecule has 0 spiro atoms. The fraction of sp³-hybridized carbons (Fsp3) is 0.600. The van der Waals surface area contributed by atoms with Gasteiger partial charge in [-0.1, -0.05) is 19.3 Å². The molecule has 1 rings (SSSR count). The number of hydrogen-bond acceptors (Lipinski definition) is 4. The molecular weight excluding hydrogens is 253 g/mol. The standard InChI is InChI=1S/C15H25BNO3/c1-6-8-17(9-7-2)16-12-10-13(18-3)15(20-5)14(11-12)19-4/h10-11H,6-9H2,1-5H3. The van der Waals surface area contributed by atoms with Gasteiger partial charge in [-0.05, 0) is 38.1 Å². The number of methoxy groups -OCH3 is 3. The van der Waals surface area contributed by atoms with Crippen molar-refractivity contribution in [1.82, 2.24) is 4.81 Å². The van der Waals surface area contributed by atoms with E-state index in [0.29, 0.717) is 17.2 Å². The van der Waals surface area contributed by atoms with Gasteiger partial charge in [0.05, 0.1) is 21.3 Å². The molecule has 0 atom stereocenters. The number of rotatable bonds is 9. The maximum Gasteiger partial charge on any atom is 0.247 e. The van der Waals surface area contributed by atoms with E-state index in [1.807, 2.05) is 12.1 Å². The zero-order valence-electron chi connectivity index (χ0n) is 13.2. The molecule has 20 heavy (non-hydrogen) atoms. The number of hydrogen-bond donors (Lipinski definition) is 0. The van der Waals surface area contributed by atoms with Crippen molar-refractivity contribution in [3.8, 4) is 17.2 Å². The van der Waals surface area contributed by atoms with Gasteiger partial charge in [-0.25, -0.2) is 0 Å². The highest BCUT2D eigenvalue weighted by molar-refractivity contribution is 6.50. The highest BCUT2D eigenvalue weighted by Crippen LogP contribution is 2.35. The Balaban J connectivity index is 2.99. The van der Waals surface area contributed by atoms with E-state index in [-0.39, 0.29) is 0 Å². The molecule has 0 saturated carbocycles. The Labute approximate surface area is 123 Å². The number of nitrogens with zero attached hydrogens (tertiary/aromatic N) is 1. The lowest BCUT2D eigenvalue weighted by Gasteiger charge is -2.21. The molecule has 1 aromatic rings. The summed E-state index contributed by atoms with van der Waals surface area (Å²) in [5, 5.41) is 0. The largest absolute Gasteiger partial charge is 0.493 e. The van der Waals surface area contributed by atoms with Gasteiger partial charge < -0.3 is 19.0 Å². The molecule has 0 aromatic heterocycles. The lowest BCUT2D eigenvalue weighted by Crippen LogP contribution is -2.37. The summed E-state index contributed by atoms with van der Waals surface area (Å²) >= 11 is 0. The number of ether oxygens (including phenoxy) is 3. The molecule has 0 aliphatic heterocycles. The summed E-state index contributed by atoms with van der Waals surface area (Å²) in [5.74, 6) is 2.00. The molecule has 1 radical (unpaired) electrons. The van der Waals surface area contributed by atoms with Gasteiger partial charge in [-0.2, -0.15) is 0 Å². The average Bonchev–Trinajstić information content (AvgIpc) is 2.46. The Morgan fingerprint density at radius 1 is 0.900 bits per heavy atom. The van der Waals surface area contributed by atoms with Gasteiger partial charge in [-0.3, -0.25) is 0 Å². The van der Waals surface area contributed by atoms with Crippen molar-refractivity contribution in [2.75, 3.05) is 34.4 Å². The first kappa shape index (κ1) is 16.7. The Morgan fingerprint density at radius 2 is 1.40 bits per heavy atom. The fourth-order valence-corrected chi connectivity index (χ4v) is 2.20. The van der Waals surface area contributed by atoms with E-state index in [1.165, 1.54) is 0 Å². The lowest BCUT2D eigenvalue weighted by molar-refractivity contribution is 0.325. The third-order valence-corrected chi connectivity index (χ3v) is 3.04. The molecule has 0 aliphatic carbocycles.